The Labute approximate surface area is 233 Å². The Bertz CT molecular complexity index is 2020. The van der Waals surface area contributed by atoms with E-state index in [1.54, 1.807) is 0 Å². The fraction of sp³-hybridized carbons (Fsp3) is 0. The molecule has 40 heavy (non-hydrogen) atoms. The maximum atomic E-state index is 9.12. The molecule has 0 aliphatic carbocycles. The van der Waals surface area contributed by atoms with Crippen LogP contribution in [0.1, 0.15) is 5.56 Å². The second-order valence-electron chi connectivity index (χ2n) is 9.92. The zero-order valence-electron chi connectivity index (χ0n) is 21.8. The van der Waals surface area contributed by atoms with Gasteiger partial charge in [0.1, 0.15) is 0 Å². The first kappa shape index (κ1) is 23.6. The van der Waals surface area contributed by atoms with Crippen LogP contribution in [-0.2, 0) is 0 Å². The van der Waals surface area contributed by atoms with Gasteiger partial charge in [0.2, 0.25) is 0 Å². The molecule has 0 bridgehead atoms. The number of benzene rings is 6. The topological polar surface area (TPSA) is 36.7 Å². The standard InChI is InChI=1S/C38H24N2/c39-25-26-15-17-27(18-16-26)28-19-21-31(22-20-28)37-24-35(30-11-5-2-6-12-30)36-23-34(29-9-3-1-4-10-29)32-13-7-8-14-33(32)38(36)40-37/h1-24H. The number of hydrogen-bond acceptors (Lipinski definition) is 2. The normalized spacial score (nSPS) is 11.0. The van der Waals surface area contributed by atoms with Crippen LogP contribution in [0.5, 0.6) is 0 Å². The van der Waals surface area contributed by atoms with Crippen molar-refractivity contribution in [2.45, 2.75) is 0 Å². The molecule has 0 aliphatic heterocycles. The number of nitrogens with zero attached hydrogens (tertiary/aromatic N) is 2. The van der Waals surface area contributed by atoms with E-state index in [1.165, 1.54) is 27.6 Å². The SMILES string of the molecule is N#Cc1ccc(-c2ccc(-c3cc(-c4ccccc4)c4cc(-c5ccccc5)c5ccccc5c4n3)cc2)cc1. The van der Waals surface area contributed by atoms with Crippen LogP contribution in [0.4, 0.5) is 0 Å². The van der Waals surface area contributed by atoms with E-state index in [9.17, 15) is 0 Å². The molecule has 0 radical (unpaired) electrons. The van der Waals surface area contributed by atoms with Crippen molar-refractivity contribution in [2.24, 2.45) is 0 Å². The van der Waals surface area contributed by atoms with E-state index < -0.39 is 0 Å². The molecular formula is C38H24N2. The van der Waals surface area contributed by atoms with Crippen LogP contribution in [0.2, 0.25) is 0 Å². The Hall–Kier alpha value is -5.52. The van der Waals surface area contributed by atoms with Gasteiger partial charge in [-0.05, 0) is 63.0 Å². The van der Waals surface area contributed by atoms with Gasteiger partial charge in [0.05, 0.1) is 22.8 Å². The first-order valence-electron chi connectivity index (χ1n) is 13.4. The van der Waals surface area contributed by atoms with E-state index in [4.69, 9.17) is 10.2 Å². The highest BCUT2D eigenvalue weighted by atomic mass is 14.7. The third kappa shape index (κ3) is 4.21. The summed E-state index contributed by atoms with van der Waals surface area (Å²) in [7, 11) is 0. The summed E-state index contributed by atoms with van der Waals surface area (Å²) < 4.78 is 0. The van der Waals surface area contributed by atoms with Crippen LogP contribution in [0.3, 0.4) is 0 Å². The van der Waals surface area contributed by atoms with E-state index in [2.05, 4.69) is 127 Å². The van der Waals surface area contributed by atoms with Crippen LogP contribution < -0.4 is 0 Å². The molecule has 2 nitrogen and oxygen atoms in total. The summed E-state index contributed by atoms with van der Waals surface area (Å²) in [5.74, 6) is 0. The molecule has 1 heterocycles. The molecule has 1 aromatic heterocycles. The monoisotopic (exact) mass is 508 g/mol. The second kappa shape index (κ2) is 9.98. The van der Waals surface area contributed by atoms with Gasteiger partial charge in [-0.15, -0.1) is 0 Å². The zero-order valence-corrected chi connectivity index (χ0v) is 21.8. The largest absolute Gasteiger partial charge is 0.247 e. The average Bonchev–Trinajstić information content (AvgIpc) is 3.05. The average molecular weight is 509 g/mol. The summed E-state index contributed by atoms with van der Waals surface area (Å²) in [6, 6.07) is 52.7. The molecule has 186 valence electrons. The Morgan fingerprint density at radius 1 is 0.425 bits per heavy atom. The van der Waals surface area contributed by atoms with Crippen molar-refractivity contribution in [1.29, 1.82) is 5.26 Å². The van der Waals surface area contributed by atoms with Crippen LogP contribution in [0.25, 0.3) is 66.3 Å². The van der Waals surface area contributed by atoms with Crippen LogP contribution >= 0.6 is 0 Å². The number of rotatable bonds is 4. The van der Waals surface area contributed by atoms with Gasteiger partial charge in [-0.2, -0.15) is 5.26 Å². The quantitative estimate of drug-likeness (QED) is 0.222. The number of fused-ring (bicyclic) bond motifs is 3. The summed E-state index contributed by atoms with van der Waals surface area (Å²) in [6.07, 6.45) is 0. The van der Waals surface area contributed by atoms with E-state index in [0.29, 0.717) is 5.56 Å². The maximum absolute atomic E-state index is 9.12. The second-order valence-corrected chi connectivity index (χ2v) is 9.92. The van der Waals surface area contributed by atoms with Crippen LogP contribution in [-0.4, -0.2) is 4.98 Å². The zero-order chi connectivity index (χ0) is 26.9. The summed E-state index contributed by atoms with van der Waals surface area (Å²) in [5.41, 5.74) is 10.6. The molecule has 7 rings (SSSR count). The molecule has 0 amide bonds. The van der Waals surface area contributed by atoms with E-state index in [0.717, 1.165) is 38.7 Å². The van der Waals surface area contributed by atoms with Gasteiger partial charge >= 0.3 is 0 Å². The van der Waals surface area contributed by atoms with Crippen molar-refractivity contribution >= 4 is 21.7 Å². The molecule has 7 aromatic rings. The van der Waals surface area contributed by atoms with Crippen molar-refractivity contribution in [3.63, 3.8) is 0 Å². The summed E-state index contributed by atoms with van der Waals surface area (Å²) in [6.45, 7) is 0. The van der Waals surface area contributed by atoms with Crippen molar-refractivity contribution in [3.8, 4) is 50.7 Å². The van der Waals surface area contributed by atoms with E-state index >= 15 is 0 Å². The smallest absolute Gasteiger partial charge is 0.0991 e. The lowest BCUT2D eigenvalue weighted by Crippen LogP contribution is -1.93. The van der Waals surface area contributed by atoms with Gasteiger partial charge < -0.3 is 0 Å². The number of nitriles is 1. The highest BCUT2D eigenvalue weighted by Gasteiger charge is 2.15. The van der Waals surface area contributed by atoms with E-state index in [1.807, 2.05) is 24.3 Å². The lowest BCUT2D eigenvalue weighted by molar-refractivity contribution is 1.41. The summed E-state index contributed by atoms with van der Waals surface area (Å²) in [4.78, 5) is 5.28. The van der Waals surface area contributed by atoms with Gasteiger partial charge in [-0.25, -0.2) is 4.98 Å². The minimum absolute atomic E-state index is 0.664. The Morgan fingerprint density at radius 3 is 1.52 bits per heavy atom. The van der Waals surface area contributed by atoms with E-state index in [-0.39, 0.29) is 0 Å². The molecule has 0 aliphatic rings. The Balaban J connectivity index is 1.45. The lowest BCUT2D eigenvalue weighted by atomic mass is 9.91. The van der Waals surface area contributed by atoms with Gasteiger partial charge in [0.15, 0.2) is 0 Å². The third-order valence-corrected chi connectivity index (χ3v) is 7.52. The third-order valence-electron chi connectivity index (χ3n) is 7.52. The highest BCUT2D eigenvalue weighted by molar-refractivity contribution is 6.16. The van der Waals surface area contributed by atoms with Crippen molar-refractivity contribution in [1.82, 2.24) is 4.98 Å². The first-order valence-corrected chi connectivity index (χ1v) is 13.4. The van der Waals surface area contributed by atoms with Crippen molar-refractivity contribution < 1.29 is 0 Å². The highest BCUT2D eigenvalue weighted by Crippen LogP contribution is 2.40. The predicted molar refractivity (Wildman–Crippen MR) is 166 cm³/mol. The molecule has 0 spiro atoms. The van der Waals surface area contributed by atoms with Gasteiger partial charge in [0, 0.05) is 16.3 Å². The number of pyridine rings is 1. The van der Waals surface area contributed by atoms with Gasteiger partial charge in [-0.1, -0.05) is 121 Å². The molecule has 0 fully saturated rings. The molecule has 0 N–H and O–H groups in total. The Morgan fingerprint density at radius 2 is 0.925 bits per heavy atom. The van der Waals surface area contributed by atoms with Gasteiger partial charge in [-0.3, -0.25) is 0 Å². The van der Waals surface area contributed by atoms with Crippen molar-refractivity contribution in [2.75, 3.05) is 0 Å². The van der Waals surface area contributed by atoms with Gasteiger partial charge in [0.25, 0.3) is 0 Å². The minimum Gasteiger partial charge on any atom is -0.247 e. The van der Waals surface area contributed by atoms with Crippen LogP contribution in [0.15, 0.2) is 146 Å². The van der Waals surface area contributed by atoms with Crippen LogP contribution in [0, 0.1) is 11.3 Å². The minimum atomic E-state index is 0.664. The summed E-state index contributed by atoms with van der Waals surface area (Å²) >= 11 is 0. The fourth-order valence-electron chi connectivity index (χ4n) is 5.48. The lowest BCUT2D eigenvalue weighted by Gasteiger charge is -2.16. The molecule has 6 aromatic carbocycles. The molecule has 0 saturated heterocycles. The molecule has 0 atom stereocenters. The molecule has 0 unspecified atom stereocenters. The molecular weight excluding hydrogens is 484 g/mol. The molecule has 0 saturated carbocycles. The van der Waals surface area contributed by atoms with Crippen molar-refractivity contribution in [3.05, 3.63) is 151 Å². The Kier molecular flexibility index (Phi) is 5.89. The number of aromatic nitrogens is 1. The maximum Gasteiger partial charge on any atom is 0.0991 e. The predicted octanol–water partition coefficient (Wildman–Crippen LogP) is 9.93. The molecule has 2 heteroatoms. The summed E-state index contributed by atoms with van der Waals surface area (Å²) in [5, 5.41) is 12.6. The number of hydrogen-bond donors (Lipinski definition) is 0. The first-order chi connectivity index (χ1) is 19.8. The fourth-order valence-corrected chi connectivity index (χ4v) is 5.48.